The zero-order valence-corrected chi connectivity index (χ0v) is 16.6. The molecule has 29 heavy (non-hydrogen) atoms. The molecule has 0 unspecified atom stereocenters. The first-order valence-corrected chi connectivity index (χ1v) is 9.60. The summed E-state index contributed by atoms with van der Waals surface area (Å²) in [5, 5.41) is 8.81. The molecule has 0 atom stereocenters. The smallest absolute Gasteiger partial charge is 0.164 e. The summed E-state index contributed by atoms with van der Waals surface area (Å²) in [5.74, 6) is 8.58. The number of nitrogen functional groups attached to an aromatic ring is 1. The van der Waals surface area contributed by atoms with Crippen molar-refractivity contribution in [3.8, 4) is 23.3 Å². The van der Waals surface area contributed by atoms with Crippen LogP contribution < -0.4 is 20.5 Å². The predicted octanol–water partition coefficient (Wildman–Crippen LogP) is 1.83. The Kier molecular flexibility index (Phi) is 5.49. The second-order valence-corrected chi connectivity index (χ2v) is 7.03. The first-order chi connectivity index (χ1) is 14.2. The number of hydrogen-bond donors (Lipinski definition) is 2. The van der Waals surface area contributed by atoms with Crippen molar-refractivity contribution >= 4 is 16.9 Å². The van der Waals surface area contributed by atoms with Crippen LogP contribution in [0, 0.1) is 17.8 Å². The molecule has 2 aromatic heterocycles. The van der Waals surface area contributed by atoms with Gasteiger partial charge in [0.15, 0.2) is 5.65 Å². The minimum absolute atomic E-state index is 0.388. The van der Waals surface area contributed by atoms with E-state index in [4.69, 9.17) is 20.3 Å². The third-order valence-corrected chi connectivity index (χ3v) is 5.13. The lowest BCUT2D eigenvalue weighted by Crippen LogP contribution is -2.30. The Morgan fingerprint density at radius 1 is 1.10 bits per heavy atom. The van der Waals surface area contributed by atoms with E-state index in [9.17, 15) is 0 Å². The van der Waals surface area contributed by atoms with Crippen LogP contribution in [0.2, 0.25) is 0 Å². The summed E-state index contributed by atoms with van der Waals surface area (Å²) in [7, 11) is 3.22. The van der Waals surface area contributed by atoms with Crippen molar-refractivity contribution in [2.24, 2.45) is 5.92 Å². The van der Waals surface area contributed by atoms with E-state index in [0.29, 0.717) is 34.3 Å². The van der Waals surface area contributed by atoms with E-state index >= 15 is 0 Å². The number of piperidine rings is 1. The van der Waals surface area contributed by atoms with Gasteiger partial charge >= 0.3 is 0 Å². The molecule has 4 rings (SSSR count). The van der Waals surface area contributed by atoms with Gasteiger partial charge in [0.2, 0.25) is 0 Å². The molecule has 1 aliphatic heterocycles. The van der Waals surface area contributed by atoms with Crippen LogP contribution in [0.15, 0.2) is 24.5 Å². The minimum atomic E-state index is 0.388. The van der Waals surface area contributed by atoms with E-state index in [-0.39, 0.29) is 0 Å². The van der Waals surface area contributed by atoms with Gasteiger partial charge in [-0.1, -0.05) is 5.92 Å². The van der Waals surface area contributed by atoms with E-state index in [2.05, 4.69) is 27.1 Å². The molecule has 0 radical (unpaired) electrons. The maximum absolute atomic E-state index is 6.14. The number of benzene rings is 1. The number of ether oxygens (including phenoxy) is 2. The van der Waals surface area contributed by atoms with Gasteiger partial charge in [0.05, 0.1) is 19.6 Å². The molecule has 0 saturated carbocycles. The molecule has 3 heterocycles. The third-order valence-electron chi connectivity index (χ3n) is 5.13. The number of nitrogens with one attached hydrogen (secondary N) is 1. The first-order valence-electron chi connectivity index (χ1n) is 9.60. The fourth-order valence-corrected chi connectivity index (χ4v) is 3.57. The Morgan fingerprint density at radius 2 is 1.83 bits per heavy atom. The van der Waals surface area contributed by atoms with E-state index in [0.717, 1.165) is 43.7 Å². The van der Waals surface area contributed by atoms with Crippen LogP contribution in [0.1, 0.15) is 24.1 Å². The number of hydrogen-bond acceptors (Lipinski definition) is 7. The number of methoxy groups -OCH3 is 2. The molecular formula is C21H24N6O2. The number of nitrogens with zero attached hydrogens (tertiary/aromatic N) is 4. The van der Waals surface area contributed by atoms with Crippen LogP contribution >= 0.6 is 0 Å². The minimum Gasteiger partial charge on any atom is -0.497 e. The standard InChI is InChI=1S/C21H24N6O2/c1-28-16-9-15(10-17(11-16)29-2)3-4-18-19-20(22)24-13-25-21(19)27(26-18)12-14-5-7-23-8-6-14/h9-11,13-14,23H,5-8,12H2,1-2H3,(H2,22,24,25). The first kappa shape index (κ1) is 19.0. The van der Waals surface area contributed by atoms with Crippen molar-refractivity contribution in [1.29, 1.82) is 0 Å². The summed E-state index contributed by atoms with van der Waals surface area (Å²) >= 11 is 0. The van der Waals surface area contributed by atoms with Gasteiger partial charge in [0.1, 0.15) is 29.3 Å². The lowest BCUT2D eigenvalue weighted by Gasteiger charge is -2.22. The summed E-state index contributed by atoms with van der Waals surface area (Å²) in [4.78, 5) is 8.56. The molecular weight excluding hydrogens is 368 g/mol. The summed E-state index contributed by atoms with van der Waals surface area (Å²) in [5.41, 5.74) is 8.21. The van der Waals surface area contributed by atoms with Crippen LogP contribution in [0.25, 0.3) is 11.0 Å². The number of rotatable bonds is 4. The fourth-order valence-electron chi connectivity index (χ4n) is 3.57. The predicted molar refractivity (Wildman–Crippen MR) is 111 cm³/mol. The van der Waals surface area contributed by atoms with E-state index in [1.54, 1.807) is 20.3 Å². The fraction of sp³-hybridized carbons (Fsp3) is 0.381. The largest absolute Gasteiger partial charge is 0.497 e. The van der Waals surface area contributed by atoms with Crippen molar-refractivity contribution in [2.75, 3.05) is 33.0 Å². The van der Waals surface area contributed by atoms with Gasteiger partial charge in [0.25, 0.3) is 0 Å². The zero-order chi connectivity index (χ0) is 20.2. The number of fused-ring (bicyclic) bond motifs is 1. The zero-order valence-electron chi connectivity index (χ0n) is 16.6. The molecule has 1 aliphatic rings. The van der Waals surface area contributed by atoms with Crippen molar-refractivity contribution in [3.05, 3.63) is 35.8 Å². The van der Waals surface area contributed by atoms with Crippen LogP contribution in [-0.4, -0.2) is 47.1 Å². The number of anilines is 1. The Bertz CT molecular complexity index is 1050. The van der Waals surface area contributed by atoms with Crippen LogP contribution in [0.3, 0.4) is 0 Å². The summed E-state index contributed by atoms with van der Waals surface area (Å²) < 4.78 is 12.5. The molecule has 1 fully saturated rings. The SMILES string of the molecule is COc1cc(C#Cc2nn(CC3CCNCC3)c3ncnc(N)c23)cc(OC)c1. The van der Waals surface area contributed by atoms with Gasteiger partial charge < -0.3 is 20.5 Å². The molecule has 1 saturated heterocycles. The molecule has 0 amide bonds. The molecule has 150 valence electrons. The molecule has 8 heteroatoms. The van der Waals surface area contributed by atoms with Crippen LogP contribution in [0.4, 0.5) is 5.82 Å². The summed E-state index contributed by atoms with van der Waals surface area (Å²) in [6.45, 7) is 2.86. The molecule has 0 aliphatic carbocycles. The summed E-state index contributed by atoms with van der Waals surface area (Å²) in [6.07, 6.45) is 3.71. The topological polar surface area (TPSA) is 100 Å². The van der Waals surface area contributed by atoms with E-state index in [1.165, 1.54) is 6.33 Å². The van der Waals surface area contributed by atoms with Crippen molar-refractivity contribution in [1.82, 2.24) is 25.1 Å². The Labute approximate surface area is 169 Å². The Hall–Kier alpha value is -3.31. The highest BCUT2D eigenvalue weighted by Gasteiger charge is 2.19. The second kappa shape index (κ2) is 8.37. The number of nitrogens with two attached hydrogens (primary N) is 1. The third kappa shape index (κ3) is 4.10. The van der Waals surface area contributed by atoms with Gasteiger partial charge in [-0.15, -0.1) is 0 Å². The second-order valence-electron chi connectivity index (χ2n) is 7.03. The maximum Gasteiger partial charge on any atom is 0.164 e. The van der Waals surface area contributed by atoms with Crippen molar-refractivity contribution in [3.63, 3.8) is 0 Å². The van der Waals surface area contributed by atoms with Gasteiger partial charge in [-0.05, 0) is 49.9 Å². The van der Waals surface area contributed by atoms with Crippen LogP contribution in [-0.2, 0) is 6.54 Å². The molecule has 0 spiro atoms. The van der Waals surface area contributed by atoms with Gasteiger partial charge in [0, 0.05) is 18.2 Å². The normalized spacial score (nSPS) is 14.4. The Morgan fingerprint density at radius 3 is 2.52 bits per heavy atom. The average Bonchev–Trinajstić information content (AvgIpc) is 3.11. The quantitative estimate of drug-likeness (QED) is 0.653. The summed E-state index contributed by atoms with van der Waals surface area (Å²) in [6, 6.07) is 5.51. The van der Waals surface area contributed by atoms with Crippen molar-refractivity contribution in [2.45, 2.75) is 19.4 Å². The van der Waals surface area contributed by atoms with Crippen LogP contribution in [0.5, 0.6) is 11.5 Å². The molecule has 3 aromatic rings. The number of aromatic nitrogens is 4. The van der Waals surface area contributed by atoms with Gasteiger partial charge in [-0.3, -0.25) is 0 Å². The maximum atomic E-state index is 6.14. The highest BCUT2D eigenvalue weighted by atomic mass is 16.5. The average molecular weight is 392 g/mol. The lowest BCUT2D eigenvalue weighted by molar-refractivity contribution is 0.324. The molecule has 0 bridgehead atoms. The van der Waals surface area contributed by atoms with Gasteiger partial charge in [-0.25, -0.2) is 14.6 Å². The highest BCUT2D eigenvalue weighted by molar-refractivity contribution is 5.90. The van der Waals surface area contributed by atoms with Crippen molar-refractivity contribution < 1.29 is 9.47 Å². The molecule has 8 nitrogen and oxygen atoms in total. The van der Waals surface area contributed by atoms with Gasteiger partial charge in [-0.2, -0.15) is 5.10 Å². The van der Waals surface area contributed by atoms with E-state index in [1.807, 2.05) is 16.8 Å². The molecule has 3 N–H and O–H groups in total. The Balaban J connectivity index is 1.72. The monoisotopic (exact) mass is 392 g/mol. The molecule has 1 aromatic carbocycles. The van der Waals surface area contributed by atoms with E-state index < -0.39 is 0 Å². The highest BCUT2D eigenvalue weighted by Crippen LogP contribution is 2.24. The lowest BCUT2D eigenvalue weighted by atomic mass is 9.98.